The molecule has 0 amide bonds. The molecule has 0 aromatic carbocycles. The van der Waals surface area contributed by atoms with Crippen molar-refractivity contribution in [3.05, 3.63) is 28.9 Å². The van der Waals surface area contributed by atoms with E-state index >= 15 is 0 Å². The molecular formula is C12H17N3O3. The number of fused-ring (bicyclic) bond motifs is 1. The number of hydrogen-bond donors (Lipinski definition) is 1. The molecule has 0 aliphatic rings. The van der Waals surface area contributed by atoms with Gasteiger partial charge < -0.3 is 14.5 Å². The minimum absolute atomic E-state index is 0.365. The minimum atomic E-state index is -0.365. The van der Waals surface area contributed by atoms with E-state index in [1.54, 1.807) is 18.3 Å². The zero-order chi connectivity index (χ0) is 12.8. The maximum absolute atomic E-state index is 11.6. The van der Waals surface area contributed by atoms with Gasteiger partial charge in [-0.25, -0.2) is 9.78 Å². The van der Waals surface area contributed by atoms with Gasteiger partial charge in [-0.2, -0.15) is 0 Å². The van der Waals surface area contributed by atoms with Gasteiger partial charge in [0.1, 0.15) is 0 Å². The predicted octanol–water partition coefficient (Wildman–Crippen LogP) is 0.616. The lowest BCUT2D eigenvalue weighted by molar-refractivity contribution is 0.149. The third-order valence-corrected chi connectivity index (χ3v) is 2.56. The molecule has 0 saturated carbocycles. The number of hydrogen-bond acceptors (Lipinski definition) is 5. The van der Waals surface area contributed by atoms with Gasteiger partial charge >= 0.3 is 5.76 Å². The second kappa shape index (κ2) is 6.32. The molecule has 2 aromatic heterocycles. The van der Waals surface area contributed by atoms with Crippen molar-refractivity contribution in [2.24, 2.45) is 0 Å². The summed E-state index contributed by atoms with van der Waals surface area (Å²) in [7, 11) is 0. The van der Waals surface area contributed by atoms with Gasteiger partial charge in [0.2, 0.25) is 0 Å². The van der Waals surface area contributed by atoms with Crippen LogP contribution >= 0.6 is 0 Å². The average molecular weight is 251 g/mol. The van der Waals surface area contributed by atoms with Crippen molar-refractivity contribution in [2.75, 3.05) is 26.3 Å². The molecule has 18 heavy (non-hydrogen) atoms. The summed E-state index contributed by atoms with van der Waals surface area (Å²) in [4.78, 5) is 15.8. The molecule has 0 radical (unpaired) electrons. The van der Waals surface area contributed by atoms with Gasteiger partial charge in [-0.1, -0.05) is 0 Å². The van der Waals surface area contributed by atoms with Crippen LogP contribution in [-0.4, -0.2) is 35.9 Å². The van der Waals surface area contributed by atoms with Gasteiger partial charge in [-0.3, -0.25) is 4.57 Å². The monoisotopic (exact) mass is 251 g/mol. The first-order chi connectivity index (χ1) is 8.83. The first-order valence-corrected chi connectivity index (χ1v) is 6.05. The summed E-state index contributed by atoms with van der Waals surface area (Å²) in [6.45, 7) is 5.34. The van der Waals surface area contributed by atoms with Crippen LogP contribution in [0.3, 0.4) is 0 Å². The maximum Gasteiger partial charge on any atom is 0.421 e. The number of aromatic nitrogens is 2. The molecule has 0 bridgehead atoms. The number of pyridine rings is 1. The highest BCUT2D eigenvalue weighted by Gasteiger charge is 2.08. The van der Waals surface area contributed by atoms with Gasteiger partial charge in [-0.05, 0) is 19.1 Å². The summed E-state index contributed by atoms with van der Waals surface area (Å²) in [5.74, 6) is -0.365. The Labute approximate surface area is 105 Å². The van der Waals surface area contributed by atoms with Crippen LogP contribution in [0.4, 0.5) is 0 Å². The van der Waals surface area contributed by atoms with E-state index in [9.17, 15) is 4.79 Å². The Bertz CT molecular complexity index is 547. The zero-order valence-electron chi connectivity index (χ0n) is 10.4. The molecule has 0 aliphatic carbocycles. The fourth-order valence-electron chi connectivity index (χ4n) is 1.70. The highest BCUT2D eigenvalue weighted by molar-refractivity contribution is 5.67. The standard InChI is InChI=1S/C12H17N3O3/c1-2-17-9-7-13-6-8-15-11-10(18-12(15)16)4-3-5-14-11/h3-5,13H,2,6-9H2,1H3. The van der Waals surface area contributed by atoms with E-state index < -0.39 is 0 Å². The fourth-order valence-corrected chi connectivity index (χ4v) is 1.70. The van der Waals surface area contributed by atoms with Crippen LogP contribution in [0.2, 0.25) is 0 Å². The quantitative estimate of drug-likeness (QED) is 0.730. The average Bonchev–Trinajstić information content (AvgIpc) is 2.70. The predicted molar refractivity (Wildman–Crippen MR) is 67.6 cm³/mol. The van der Waals surface area contributed by atoms with Gasteiger partial charge in [0, 0.05) is 32.4 Å². The molecule has 0 spiro atoms. The Morgan fingerprint density at radius 2 is 2.39 bits per heavy atom. The Morgan fingerprint density at radius 3 is 3.22 bits per heavy atom. The molecule has 98 valence electrons. The van der Waals surface area contributed by atoms with Crippen LogP contribution in [-0.2, 0) is 11.3 Å². The molecule has 6 heteroatoms. The molecular weight excluding hydrogens is 234 g/mol. The van der Waals surface area contributed by atoms with Gasteiger partial charge in [-0.15, -0.1) is 0 Å². The molecule has 2 heterocycles. The number of ether oxygens (including phenoxy) is 1. The van der Waals surface area contributed by atoms with E-state index in [4.69, 9.17) is 9.15 Å². The van der Waals surface area contributed by atoms with Crippen molar-refractivity contribution >= 4 is 11.2 Å². The highest BCUT2D eigenvalue weighted by atomic mass is 16.5. The van der Waals surface area contributed by atoms with E-state index in [2.05, 4.69) is 10.3 Å². The summed E-state index contributed by atoms with van der Waals surface area (Å²) in [5, 5.41) is 3.20. The third kappa shape index (κ3) is 2.96. The van der Waals surface area contributed by atoms with Crippen molar-refractivity contribution in [1.29, 1.82) is 0 Å². The molecule has 0 fully saturated rings. The fraction of sp³-hybridized carbons (Fsp3) is 0.500. The topological polar surface area (TPSA) is 69.3 Å². The number of rotatable bonds is 7. The van der Waals surface area contributed by atoms with Crippen LogP contribution in [0.1, 0.15) is 6.92 Å². The lowest BCUT2D eigenvalue weighted by Gasteiger charge is -2.04. The zero-order valence-corrected chi connectivity index (χ0v) is 10.4. The Kier molecular flexibility index (Phi) is 4.49. The lowest BCUT2D eigenvalue weighted by Crippen LogP contribution is -2.27. The van der Waals surface area contributed by atoms with E-state index in [0.717, 1.165) is 13.2 Å². The van der Waals surface area contributed by atoms with Gasteiger partial charge in [0.15, 0.2) is 11.2 Å². The second-order valence-corrected chi connectivity index (χ2v) is 3.79. The summed E-state index contributed by atoms with van der Waals surface area (Å²) in [6.07, 6.45) is 1.65. The summed E-state index contributed by atoms with van der Waals surface area (Å²) < 4.78 is 11.8. The number of oxazole rings is 1. The Morgan fingerprint density at radius 1 is 1.50 bits per heavy atom. The number of nitrogens with zero attached hydrogens (tertiary/aromatic N) is 2. The molecule has 0 unspecified atom stereocenters. The van der Waals surface area contributed by atoms with Crippen LogP contribution in [0, 0.1) is 0 Å². The lowest BCUT2D eigenvalue weighted by atomic mass is 10.4. The van der Waals surface area contributed by atoms with Crippen molar-refractivity contribution in [1.82, 2.24) is 14.9 Å². The molecule has 2 rings (SSSR count). The first-order valence-electron chi connectivity index (χ1n) is 6.05. The Balaban J connectivity index is 1.91. The normalized spacial score (nSPS) is 11.2. The van der Waals surface area contributed by atoms with E-state index in [1.165, 1.54) is 4.57 Å². The van der Waals surface area contributed by atoms with Crippen molar-refractivity contribution in [3.63, 3.8) is 0 Å². The van der Waals surface area contributed by atoms with E-state index in [-0.39, 0.29) is 5.76 Å². The molecule has 2 aromatic rings. The van der Waals surface area contributed by atoms with Gasteiger partial charge in [0.05, 0.1) is 6.61 Å². The van der Waals surface area contributed by atoms with Crippen LogP contribution < -0.4 is 11.1 Å². The largest absolute Gasteiger partial charge is 0.421 e. The molecule has 0 aliphatic heterocycles. The van der Waals surface area contributed by atoms with Crippen molar-refractivity contribution in [2.45, 2.75) is 13.5 Å². The SMILES string of the molecule is CCOCCNCCn1c(=O)oc2cccnc21. The highest BCUT2D eigenvalue weighted by Crippen LogP contribution is 2.07. The number of nitrogens with one attached hydrogen (secondary N) is 1. The van der Waals surface area contributed by atoms with Crippen LogP contribution in [0.5, 0.6) is 0 Å². The maximum atomic E-state index is 11.6. The summed E-state index contributed by atoms with van der Waals surface area (Å²) in [6, 6.07) is 3.48. The van der Waals surface area contributed by atoms with Crippen LogP contribution in [0.25, 0.3) is 11.2 Å². The summed E-state index contributed by atoms with van der Waals surface area (Å²) >= 11 is 0. The molecule has 0 atom stereocenters. The molecule has 6 nitrogen and oxygen atoms in total. The summed E-state index contributed by atoms with van der Waals surface area (Å²) in [5.41, 5.74) is 1.12. The third-order valence-electron chi connectivity index (χ3n) is 2.56. The van der Waals surface area contributed by atoms with Gasteiger partial charge in [0.25, 0.3) is 0 Å². The van der Waals surface area contributed by atoms with Crippen molar-refractivity contribution < 1.29 is 9.15 Å². The molecule has 0 saturated heterocycles. The van der Waals surface area contributed by atoms with E-state index in [0.29, 0.717) is 30.9 Å². The Hall–Kier alpha value is -1.66. The van der Waals surface area contributed by atoms with Crippen molar-refractivity contribution in [3.8, 4) is 0 Å². The van der Waals surface area contributed by atoms with Crippen LogP contribution in [0.15, 0.2) is 27.5 Å². The van der Waals surface area contributed by atoms with E-state index in [1.807, 2.05) is 6.92 Å². The minimum Gasteiger partial charge on any atom is -0.406 e. The smallest absolute Gasteiger partial charge is 0.406 e. The first kappa shape index (κ1) is 12.8. The second-order valence-electron chi connectivity index (χ2n) is 3.79. The molecule has 1 N–H and O–H groups in total.